The van der Waals surface area contributed by atoms with E-state index >= 15 is 0 Å². The van der Waals surface area contributed by atoms with Gasteiger partial charge in [0.05, 0.1) is 13.7 Å². The summed E-state index contributed by atoms with van der Waals surface area (Å²) in [5, 5.41) is 0. The van der Waals surface area contributed by atoms with Gasteiger partial charge in [-0.05, 0) is 19.1 Å². The Labute approximate surface area is 87.4 Å². The Kier molecular flexibility index (Phi) is 4.28. The molecular formula is C10H12O5. The van der Waals surface area contributed by atoms with Crippen molar-refractivity contribution in [3.63, 3.8) is 0 Å². The van der Waals surface area contributed by atoms with Crippen molar-refractivity contribution in [2.24, 2.45) is 0 Å². The second-order valence-corrected chi connectivity index (χ2v) is 2.52. The Bertz CT molecular complexity index is 324. The molecule has 0 N–H and O–H groups in total. The predicted molar refractivity (Wildman–Crippen MR) is 51.9 cm³/mol. The standard InChI is InChI=1S/C10H12O5/c1-3-13-8-4-5-9(15-14-7-11)10(6-8)12-2/h4-7H,3H2,1-2H3. The topological polar surface area (TPSA) is 54.0 Å². The van der Waals surface area contributed by atoms with Crippen molar-refractivity contribution in [3.05, 3.63) is 18.2 Å². The van der Waals surface area contributed by atoms with Gasteiger partial charge in [-0.25, -0.2) is 0 Å². The van der Waals surface area contributed by atoms with Gasteiger partial charge in [0, 0.05) is 6.07 Å². The first kappa shape index (κ1) is 11.2. The molecule has 0 heterocycles. The van der Waals surface area contributed by atoms with Crippen molar-refractivity contribution in [1.29, 1.82) is 0 Å². The van der Waals surface area contributed by atoms with Crippen LogP contribution in [0.5, 0.6) is 17.2 Å². The van der Waals surface area contributed by atoms with Gasteiger partial charge in [-0.3, -0.25) is 14.6 Å². The molecular weight excluding hydrogens is 200 g/mol. The minimum atomic E-state index is 0.190. The fourth-order valence-corrected chi connectivity index (χ4v) is 1.04. The Morgan fingerprint density at radius 2 is 2.13 bits per heavy atom. The number of carbonyl (C=O) groups excluding carboxylic acids is 1. The second-order valence-electron chi connectivity index (χ2n) is 2.52. The average molecular weight is 212 g/mol. The van der Waals surface area contributed by atoms with Crippen molar-refractivity contribution in [2.75, 3.05) is 13.7 Å². The van der Waals surface area contributed by atoms with E-state index in [1.54, 1.807) is 18.2 Å². The number of ether oxygens (including phenoxy) is 2. The molecule has 15 heavy (non-hydrogen) atoms. The van der Waals surface area contributed by atoms with Crippen LogP contribution >= 0.6 is 0 Å². The molecule has 5 heteroatoms. The lowest BCUT2D eigenvalue weighted by Crippen LogP contribution is -1.98. The van der Waals surface area contributed by atoms with E-state index in [2.05, 4.69) is 9.78 Å². The van der Waals surface area contributed by atoms with Crippen LogP contribution in [0, 0.1) is 0 Å². The van der Waals surface area contributed by atoms with Gasteiger partial charge in [-0.1, -0.05) is 0 Å². The van der Waals surface area contributed by atoms with Gasteiger partial charge in [0.1, 0.15) is 5.75 Å². The van der Waals surface area contributed by atoms with Crippen LogP contribution in [-0.2, 0) is 9.68 Å². The average Bonchev–Trinajstić information content (AvgIpc) is 2.27. The zero-order valence-electron chi connectivity index (χ0n) is 8.56. The molecule has 0 bridgehead atoms. The fourth-order valence-electron chi connectivity index (χ4n) is 1.04. The van der Waals surface area contributed by atoms with E-state index < -0.39 is 0 Å². The first-order valence-corrected chi connectivity index (χ1v) is 4.39. The molecule has 0 saturated heterocycles. The van der Waals surface area contributed by atoms with Gasteiger partial charge in [-0.2, -0.15) is 0 Å². The number of hydrogen-bond acceptors (Lipinski definition) is 5. The van der Waals surface area contributed by atoms with Crippen LogP contribution in [0.3, 0.4) is 0 Å². The lowest BCUT2D eigenvalue weighted by atomic mass is 10.3. The van der Waals surface area contributed by atoms with E-state index in [0.29, 0.717) is 23.9 Å². The molecule has 0 fully saturated rings. The van der Waals surface area contributed by atoms with Crippen molar-refractivity contribution in [3.8, 4) is 17.2 Å². The molecule has 0 spiro atoms. The SMILES string of the molecule is CCOc1ccc(OOC=O)c(OC)c1. The van der Waals surface area contributed by atoms with Crippen LogP contribution in [-0.4, -0.2) is 20.2 Å². The Morgan fingerprint density at radius 1 is 1.33 bits per heavy atom. The zero-order valence-corrected chi connectivity index (χ0v) is 8.56. The van der Waals surface area contributed by atoms with Crippen LogP contribution < -0.4 is 14.4 Å². The van der Waals surface area contributed by atoms with Crippen molar-refractivity contribution < 1.29 is 24.0 Å². The highest BCUT2D eigenvalue weighted by Gasteiger charge is 2.07. The maximum Gasteiger partial charge on any atom is 0.343 e. The molecule has 0 unspecified atom stereocenters. The first-order valence-electron chi connectivity index (χ1n) is 4.39. The molecule has 1 rings (SSSR count). The Hall–Kier alpha value is -1.91. The van der Waals surface area contributed by atoms with Crippen LogP contribution in [0.25, 0.3) is 0 Å². The van der Waals surface area contributed by atoms with Crippen molar-refractivity contribution in [2.45, 2.75) is 6.92 Å². The highest BCUT2D eigenvalue weighted by atomic mass is 17.2. The zero-order chi connectivity index (χ0) is 11.1. The smallest absolute Gasteiger partial charge is 0.343 e. The molecule has 0 saturated carbocycles. The number of rotatable bonds is 6. The normalized spacial score (nSPS) is 9.20. The molecule has 0 amide bonds. The summed E-state index contributed by atoms with van der Waals surface area (Å²) in [7, 11) is 1.48. The summed E-state index contributed by atoms with van der Waals surface area (Å²) in [5.74, 6) is 1.41. The Balaban J connectivity index is 2.82. The summed E-state index contributed by atoms with van der Waals surface area (Å²) >= 11 is 0. The second kappa shape index (κ2) is 5.74. The predicted octanol–water partition coefficient (Wildman–Crippen LogP) is 1.56. The summed E-state index contributed by atoms with van der Waals surface area (Å²) in [6, 6.07) is 4.93. The summed E-state index contributed by atoms with van der Waals surface area (Å²) in [4.78, 5) is 18.8. The number of carbonyl (C=O) groups is 1. The van der Waals surface area contributed by atoms with Gasteiger partial charge in [0.25, 0.3) is 0 Å². The van der Waals surface area contributed by atoms with Crippen LogP contribution in [0.4, 0.5) is 0 Å². The Morgan fingerprint density at radius 3 is 2.73 bits per heavy atom. The van der Waals surface area contributed by atoms with Crippen LogP contribution in [0.15, 0.2) is 18.2 Å². The minimum Gasteiger partial charge on any atom is -0.494 e. The van der Waals surface area contributed by atoms with Gasteiger partial charge >= 0.3 is 6.47 Å². The van der Waals surface area contributed by atoms with E-state index in [1.165, 1.54) is 7.11 Å². The molecule has 5 nitrogen and oxygen atoms in total. The van der Waals surface area contributed by atoms with Gasteiger partial charge in [0.15, 0.2) is 5.75 Å². The maximum atomic E-state index is 9.93. The number of methoxy groups -OCH3 is 1. The molecule has 0 aliphatic heterocycles. The third-order valence-corrected chi connectivity index (χ3v) is 1.62. The molecule has 0 radical (unpaired) electrons. The largest absolute Gasteiger partial charge is 0.494 e. The summed E-state index contributed by atoms with van der Waals surface area (Å²) < 4.78 is 10.3. The van der Waals surface area contributed by atoms with E-state index in [9.17, 15) is 4.79 Å². The molecule has 1 aromatic rings. The monoisotopic (exact) mass is 212 g/mol. The highest BCUT2D eigenvalue weighted by molar-refractivity contribution is 5.46. The summed E-state index contributed by atoms with van der Waals surface area (Å²) in [6.45, 7) is 2.64. The lowest BCUT2D eigenvalue weighted by molar-refractivity contribution is -0.197. The van der Waals surface area contributed by atoms with E-state index in [0.717, 1.165) is 0 Å². The summed E-state index contributed by atoms with van der Waals surface area (Å²) in [6.07, 6.45) is 0. The minimum absolute atomic E-state index is 0.190. The number of benzene rings is 1. The van der Waals surface area contributed by atoms with E-state index in [1.807, 2.05) is 6.92 Å². The van der Waals surface area contributed by atoms with Gasteiger partial charge < -0.3 is 9.47 Å². The molecule has 82 valence electrons. The molecule has 0 aliphatic rings. The van der Waals surface area contributed by atoms with Crippen molar-refractivity contribution in [1.82, 2.24) is 0 Å². The lowest BCUT2D eigenvalue weighted by Gasteiger charge is -2.09. The fraction of sp³-hybridized carbons (Fsp3) is 0.300. The van der Waals surface area contributed by atoms with E-state index in [4.69, 9.17) is 9.47 Å². The van der Waals surface area contributed by atoms with Crippen LogP contribution in [0.2, 0.25) is 0 Å². The molecule has 0 aliphatic carbocycles. The quantitative estimate of drug-likeness (QED) is 0.407. The number of hydrogen-bond donors (Lipinski definition) is 0. The third-order valence-electron chi connectivity index (χ3n) is 1.62. The van der Waals surface area contributed by atoms with Crippen LogP contribution in [0.1, 0.15) is 6.92 Å². The molecule has 0 aromatic heterocycles. The highest BCUT2D eigenvalue weighted by Crippen LogP contribution is 2.31. The van der Waals surface area contributed by atoms with Crippen molar-refractivity contribution >= 4 is 6.47 Å². The van der Waals surface area contributed by atoms with E-state index in [-0.39, 0.29) is 6.47 Å². The maximum absolute atomic E-state index is 9.93. The molecule has 0 atom stereocenters. The van der Waals surface area contributed by atoms with Gasteiger partial charge in [0.2, 0.25) is 5.75 Å². The first-order chi connectivity index (χ1) is 7.31. The van der Waals surface area contributed by atoms with Gasteiger partial charge in [-0.15, -0.1) is 0 Å². The molecule has 1 aromatic carbocycles. The summed E-state index contributed by atoms with van der Waals surface area (Å²) in [5.41, 5.74) is 0. The third kappa shape index (κ3) is 3.05.